The maximum atomic E-state index is 10.9. The summed E-state index contributed by atoms with van der Waals surface area (Å²) >= 11 is 0. The van der Waals surface area contributed by atoms with Crippen molar-refractivity contribution in [3.63, 3.8) is 0 Å². The highest BCUT2D eigenvalue weighted by Crippen LogP contribution is 2.13. The summed E-state index contributed by atoms with van der Waals surface area (Å²) in [6, 6.07) is 5.46. The van der Waals surface area contributed by atoms with Crippen molar-refractivity contribution >= 4 is 22.8 Å². The molecule has 0 unspecified atom stereocenters. The molecule has 0 saturated carbocycles. The van der Waals surface area contributed by atoms with Crippen LogP contribution >= 0.6 is 0 Å². The number of carbonyl (C=O) groups is 1. The van der Waals surface area contributed by atoms with Gasteiger partial charge in [0.25, 0.3) is 0 Å². The number of benzene rings is 1. The summed E-state index contributed by atoms with van der Waals surface area (Å²) in [5, 5.41) is 10.3. The highest BCUT2D eigenvalue weighted by molar-refractivity contribution is 7.87. The molecule has 0 spiro atoms. The van der Waals surface area contributed by atoms with Gasteiger partial charge in [-0.1, -0.05) is 18.2 Å². The number of rotatable bonds is 4. The second kappa shape index (κ2) is 5.61. The van der Waals surface area contributed by atoms with Crippen molar-refractivity contribution in [1.29, 1.82) is 0 Å². The number of hydrogen-bond donors (Lipinski definition) is 1. The Morgan fingerprint density at radius 1 is 1.50 bits per heavy atom. The van der Waals surface area contributed by atoms with Crippen molar-refractivity contribution in [2.45, 2.75) is 13.3 Å². The second-order valence-corrected chi connectivity index (χ2v) is 4.83. The number of carboxylic acids is 1. The van der Waals surface area contributed by atoms with E-state index in [1.54, 1.807) is 23.8 Å². The molecular weight excluding hydrogens is 224 g/mol. The Bertz CT molecular complexity index is 450. The third-order valence-electron chi connectivity index (χ3n) is 2.13. The fraction of sp³-hybridized carbons (Fsp3) is 0.250. The highest BCUT2D eigenvalue weighted by atomic mass is 32.2. The minimum atomic E-state index is -0.963. The molecule has 3 nitrogen and oxygen atoms in total. The maximum absolute atomic E-state index is 10.9. The standard InChI is InChI=1S/C12H14O3S/c1-9-7-10(8-12(13)14)3-4-11(9)5-6-16(2)15/h3-7H,8H2,1-2H3,(H,13,14)/b6-5+/t16-/m1/s1. The van der Waals surface area contributed by atoms with E-state index in [2.05, 4.69) is 0 Å². The molecule has 1 aromatic carbocycles. The average Bonchev–Trinajstić information content (AvgIpc) is 2.15. The van der Waals surface area contributed by atoms with Crippen molar-refractivity contribution in [1.82, 2.24) is 0 Å². The molecule has 4 heteroatoms. The molecule has 86 valence electrons. The molecule has 0 aliphatic carbocycles. The SMILES string of the molecule is Cc1cc(CC(=O)O)ccc1/C=C/[S@@](C)=O. The fourth-order valence-corrected chi connectivity index (χ4v) is 1.72. The van der Waals surface area contributed by atoms with Crippen molar-refractivity contribution in [3.8, 4) is 0 Å². The summed E-state index contributed by atoms with van der Waals surface area (Å²) in [6.07, 6.45) is 3.42. The van der Waals surface area contributed by atoms with E-state index in [1.807, 2.05) is 19.1 Å². The van der Waals surface area contributed by atoms with Gasteiger partial charge in [0.05, 0.1) is 6.42 Å². The van der Waals surface area contributed by atoms with Crippen molar-refractivity contribution in [3.05, 3.63) is 40.3 Å². The Kier molecular flexibility index (Phi) is 4.43. The van der Waals surface area contributed by atoms with Gasteiger partial charge >= 0.3 is 5.97 Å². The van der Waals surface area contributed by atoms with Gasteiger partial charge < -0.3 is 5.11 Å². The molecule has 1 atom stereocenters. The minimum absolute atomic E-state index is 0.0323. The number of aryl methyl sites for hydroxylation is 1. The molecule has 0 amide bonds. The molecule has 16 heavy (non-hydrogen) atoms. The van der Waals surface area contributed by atoms with Gasteiger partial charge in [-0.15, -0.1) is 0 Å². The largest absolute Gasteiger partial charge is 0.481 e. The Morgan fingerprint density at radius 2 is 2.19 bits per heavy atom. The number of carboxylic acid groups (broad SMARTS) is 1. The smallest absolute Gasteiger partial charge is 0.307 e. The van der Waals surface area contributed by atoms with Crippen LogP contribution in [0.25, 0.3) is 6.08 Å². The van der Waals surface area contributed by atoms with Crippen molar-refractivity contribution in [2.24, 2.45) is 0 Å². The van der Waals surface area contributed by atoms with Crippen LogP contribution in [0, 0.1) is 6.92 Å². The monoisotopic (exact) mass is 238 g/mol. The lowest BCUT2D eigenvalue weighted by Crippen LogP contribution is -2.00. The summed E-state index contributed by atoms with van der Waals surface area (Å²) < 4.78 is 10.9. The first-order valence-corrected chi connectivity index (χ1v) is 6.43. The van der Waals surface area contributed by atoms with E-state index in [9.17, 15) is 9.00 Å². The second-order valence-electron chi connectivity index (χ2n) is 3.56. The molecule has 0 saturated heterocycles. The van der Waals surface area contributed by atoms with Gasteiger partial charge in [0, 0.05) is 22.5 Å². The van der Waals surface area contributed by atoms with Crippen LogP contribution in [-0.4, -0.2) is 21.5 Å². The molecular formula is C12H14O3S. The normalized spacial score (nSPS) is 12.9. The Morgan fingerprint density at radius 3 is 2.69 bits per heavy atom. The van der Waals surface area contributed by atoms with E-state index >= 15 is 0 Å². The summed E-state index contributed by atoms with van der Waals surface area (Å²) in [6.45, 7) is 1.91. The van der Waals surface area contributed by atoms with Crippen LogP contribution in [0.15, 0.2) is 23.6 Å². The summed E-state index contributed by atoms with van der Waals surface area (Å²) in [5.41, 5.74) is 2.73. The van der Waals surface area contributed by atoms with E-state index in [0.717, 1.165) is 16.7 Å². The van der Waals surface area contributed by atoms with Crippen LogP contribution in [-0.2, 0) is 22.0 Å². The molecule has 1 aromatic rings. The lowest BCUT2D eigenvalue weighted by molar-refractivity contribution is -0.136. The quantitative estimate of drug-likeness (QED) is 0.872. The fourth-order valence-electron chi connectivity index (χ4n) is 1.38. The van der Waals surface area contributed by atoms with Gasteiger partial charge in [0.1, 0.15) is 0 Å². The van der Waals surface area contributed by atoms with Crippen LogP contribution in [0.5, 0.6) is 0 Å². The lowest BCUT2D eigenvalue weighted by atomic mass is 10.0. The average molecular weight is 238 g/mol. The maximum Gasteiger partial charge on any atom is 0.307 e. The van der Waals surface area contributed by atoms with Crippen molar-refractivity contribution in [2.75, 3.05) is 6.26 Å². The van der Waals surface area contributed by atoms with Gasteiger partial charge in [-0.05, 0) is 29.7 Å². The third kappa shape index (κ3) is 3.98. The summed E-state index contributed by atoms with van der Waals surface area (Å²) in [7, 11) is -0.963. The van der Waals surface area contributed by atoms with E-state index in [-0.39, 0.29) is 6.42 Å². The van der Waals surface area contributed by atoms with E-state index in [0.29, 0.717) is 0 Å². The molecule has 0 bridgehead atoms. The number of aliphatic carboxylic acids is 1. The first-order chi connectivity index (χ1) is 7.49. The summed E-state index contributed by atoms with van der Waals surface area (Å²) in [5.74, 6) is -0.836. The van der Waals surface area contributed by atoms with E-state index < -0.39 is 16.8 Å². The Hall–Kier alpha value is -1.42. The predicted octanol–water partition coefficient (Wildman–Crippen LogP) is 1.97. The molecule has 0 fully saturated rings. The molecule has 0 aliphatic rings. The topological polar surface area (TPSA) is 54.4 Å². The van der Waals surface area contributed by atoms with Crippen molar-refractivity contribution < 1.29 is 14.1 Å². The number of hydrogen-bond acceptors (Lipinski definition) is 2. The predicted molar refractivity (Wildman–Crippen MR) is 65.6 cm³/mol. The molecule has 1 N–H and O–H groups in total. The first kappa shape index (κ1) is 12.6. The summed E-state index contributed by atoms with van der Waals surface area (Å²) in [4.78, 5) is 10.5. The molecule has 0 heterocycles. The first-order valence-electron chi connectivity index (χ1n) is 4.81. The van der Waals surface area contributed by atoms with Gasteiger partial charge in [0.2, 0.25) is 0 Å². The van der Waals surface area contributed by atoms with Crippen LogP contribution in [0.4, 0.5) is 0 Å². The molecule has 0 aromatic heterocycles. The van der Waals surface area contributed by atoms with Crippen LogP contribution in [0.3, 0.4) is 0 Å². The zero-order valence-electron chi connectivity index (χ0n) is 9.27. The van der Waals surface area contributed by atoms with E-state index in [1.165, 1.54) is 0 Å². The zero-order chi connectivity index (χ0) is 12.1. The van der Waals surface area contributed by atoms with Gasteiger partial charge in [-0.25, -0.2) is 0 Å². The van der Waals surface area contributed by atoms with E-state index in [4.69, 9.17) is 5.11 Å². The van der Waals surface area contributed by atoms with Crippen LogP contribution < -0.4 is 0 Å². The van der Waals surface area contributed by atoms with Gasteiger partial charge in [-0.3, -0.25) is 9.00 Å². The Labute approximate surface area is 97.3 Å². The van der Waals surface area contributed by atoms with Crippen LogP contribution in [0.2, 0.25) is 0 Å². The molecule has 1 rings (SSSR count). The minimum Gasteiger partial charge on any atom is -0.481 e. The Balaban J connectivity index is 2.91. The highest BCUT2D eigenvalue weighted by Gasteiger charge is 2.02. The molecule has 0 aliphatic heterocycles. The molecule has 0 radical (unpaired) electrons. The zero-order valence-corrected chi connectivity index (χ0v) is 10.1. The lowest BCUT2D eigenvalue weighted by Gasteiger charge is -2.03. The van der Waals surface area contributed by atoms with Crippen LogP contribution in [0.1, 0.15) is 16.7 Å². The third-order valence-corrected chi connectivity index (χ3v) is 2.65. The van der Waals surface area contributed by atoms with Gasteiger partial charge in [-0.2, -0.15) is 0 Å². The van der Waals surface area contributed by atoms with Gasteiger partial charge in [0.15, 0.2) is 0 Å².